The van der Waals surface area contributed by atoms with Crippen LogP contribution in [0.25, 0.3) is 0 Å². The summed E-state index contributed by atoms with van der Waals surface area (Å²) in [6.07, 6.45) is 2.72. The number of nitrogens with one attached hydrogen (secondary N) is 1. The number of carbonyl (C=O) groups is 2. The summed E-state index contributed by atoms with van der Waals surface area (Å²) in [6, 6.07) is -0.418. The van der Waals surface area contributed by atoms with Crippen LogP contribution in [0.4, 0.5) is 4.79 Å². The second-order valence-corrected chi connectivity index (χ2v) is 6.20. The smallest absolute Gasteiger partial charge is 0.317 e. The predicted molar refractivity (Wildman–Crippen MR) is 69.5 cm³/mol. The molecule has 0 saturated carbocycles. The summed E-state index contributed by atoms with van der Waals surface area (Å²) in [5.74, 6) is -0.869. The highest BCUT2D eigenvalue weighted by atomic mass is 16.4. The molecular weight excluding hydrogens is 232 g/mol. The molecule has 1 unspecified atom stereocenters. The van der Waals surface area contributed by atoms with E-state index in [4.69, 9.17) is 5.11 Å². The minimum atomic E-state index is -0.869. The Bertz CT molecular complexity index is 304. The van der Waals surface area contributed by atoms with Crippen LogP contribution in [0, 0.1) is 5.41 Å². The third-order valence-corrected chi connectivity index (χ3v) is 3.00. The van der Waals surface area contributed by atoms with Crippen molar-refractivity contribution in [3.05, 3.63) is 0 Å². The highest BCUT2D eigenvalue weighted by Crippen LogP contribution is 2.22. The third kappa shape index (κ3) is 5.38. The number of nitrogens with zero attached hydrogens (tertiary/aromatic N) is 1. The van der Waals surface area contributed by atoms with Crippen LogP contribution in [0.2, 0.25) is 0 Å². The van der Waals surface area contributed by atoms with Crippen molar-refractivity contribution in [2.24, 2.45) is 5.41 Å². The molecule has 18 heavy (non-hydrogen) atoms. The van der Waals surface area contributed by atoms with E-state index < -0.39 is 5.97 Å². The van der Waals surface area contributed by atoms with E-state index >= 15 is 0 Å². The maximum atomic E-state index is 11.9. The molecule has 1 aliphatic heterocycles. The summed E-state index contributed by atoms with van der Waals surface area (Å²) in [6.45, 7) is 7.69. The molecule has 0 aromatic rings. The molecule has 2 amide bonds. The Morgan fingerprint density at radius 3 is 2.28 bits per heavy atom. The third-order valence-electron chi connectivity index (χ3n) is 3.00. The average Bonchev–Trinajstić information content (AvgIpc) is 2.65. The summed E-state index contributed by atoms with van der Waals surface area (Å²) in [4.78, 5) is 24.5. The quantitative estimate of drug-likeness (QED) is 0.809. The number of urea groups is 1. The molecule has 1 aliphatic rings. The molecular formula is C13H24N2O3. The Kier molecular flexibility index (Phi) is 4.99. The lowest BCUT2D eigenvalue weighted by Gasteiger charge is -2.27. The number of hydrogen-bond acceptors (Lipinski definition) is 2. The molecule has 0 aromatic heterocycles. The zero-order valence-electron chi connectivity index (χ0n) is 11.5. The molecule has 5 heteroatoms. The molecule has 1 saturated heterocycles. The number of amides is 2. The molecule has 104 valence electrons. The molecule has 0 radical (unpaired) electrons. The second-order valence-electron chi connectivity index (χ2n) is 6.20. The van der Waals surface area contributed by atoms with E-state index in [0.717, 1.165) is 25.9 Å². The second kappa shape index (κ2) is 6.07. The Balaban J connectivity index is 2.53. The summed E-state index contributed by atoms with van der Waals surface area (Å²) in [7, 11) is 0. The first kappa shape index (κ1) is 14.8. The lowest BCUT2D eigenvalue weighted by Crippen LogP contribution is -2.45. The molecule has 1 heterocycles. The molecule has 1 fully saturated rings. The number of carboxylic acid groups (broad SMARTS) is 1. The number of rotatable bonds is 4. The van der Waals surface area contributed by atoms with Crippen molar-refractivity contribution in [3.8, 4) is 0 Å². The first-order valence-corrected chi connectivity index (χ1v) is 6.55. The fourth-order valence-electron chi connectivity index (χ4n) is 2.31. The normalized spacial score (nSPS) is 17.6. The zero-order valence-corrected chi connectivity index (χ0v) is 11.5. The van der Waals surface area contributed by atoms with Gasteiger partial charge in [-0.1, -0.05) is 20.8 Å². The Morgan fingerprint density at radius 1 is 1.28 bits per heavy atom. The summed E-state index contributed by atoms with van der Waals surface area (Å²) in [5, 5.41) is 11.7. The van der Waals surface area contributed by atoms with Gasteiger partial charge in [-0.2, -0.15) is 0 Å². The van der Waals surface area contributed by atoms with Gasteiger partial charge in [0, 0.05) is 19.1 Å². The van der Waals surface area contributed by atoms with Gasteiger partial charge in [0.2, 0.25) is 0 Å². The topological polar surface area (TPSA) is 69.6 Å². The number of aliphatic carboxylic acids is 1. The first-order valence-electron chi connectivity index (χ1n) is 6.55. The summed E-state index contributed by atoms with van der Waals surface area (Å²) in [5.41, 5.74) is -0.00158. The van der Waals surface area contributed by atoms with Crippen molar-refractivity contribution in [1.82, 2.24) is 10.2 Å². The minimum absolute atomic E-state index is 0.00158. The SMILES string of the molecule is CC(C)(C)CC(CC(=O)O)NC(=O)N1CCCC1. The summed E-state index contributed by atoms with van der Waals surface area (Å²) < 4.78 is 0. The zero-order chi connectivity index (χ0) is 13.8. The van der Waals surface area contributed by atoms with Crippen molar-refractivity contribution in [2.75, 3.05) is 13.1 Å². The highest BCUT2D eigenvalue weighted by Gasteiger charge is 2.25. The van der Waals surface area contributed by atoms with E-state index in [2.05, 4.69) is 5.32 Å². The molecule has 0 bridgehead atoms. The number of likely N-dealkylation sites (tertiary alicyclic amines) is 1. The first-order chi connectivity index (χ1) is 8.28. The van der Waals surface area contributed by atoms with Crippen molar-refractivity contribution in [2.45, 2.75) is 52.5 Å². The van der Waals surface area contributed by atoms with Gasteiger partial charge in [0.15, 0.2) is 0 Å². The van der Waals surface area contributed by atoms with Crippen LogP contribution in [0.15, 0.2) is 0 Å². The lowest BCUT2D eigenvalue weighted by molar-refractivity contribution is -0.137. The van der Waals surface area contributed by atoms with Crippen molar-refractivity contribution in [1.29, 1.82) is 0 Å². The largest absolute Gasteiger partial charge is 0.481 e. The van der Waals surface area contributed by atoms with E-state index in [0.29, 0.717) is 6.42 Å². The van der Waals surface area contributed by atoms with Gasteiger partial charge in [0.05, 0.1) is 6.42 Å². The molecule has 1 rings (SSSR count). The van der Waals surface area contributed by atoms with Gasteiger partial charge in [-0.15, -0.1) is 0 Å². The van der Waals surface area contributed by atoms with Gasteiger partial charge in [-0.25, -0.2) is 4.79 Å². The molecule has 2 N–H and O–H groups in total. The monoisotopic (exact) mass is 256 g/mol. The maximum Gasteiger partial charge on any atom is 0.317 e. The van der Waals surface area contributed by atoms with Gasteiger partial charge in [0.1, 0.15) is 0 Å². The van der Waals surface area contributed by atoms with Gasteiger partial charge in [0.25, 0.3) is 0 Å². The average molecular weight is 256 g/mol. The van der Waals surface area contributed by atoms with Crippen molar-refractivity contribution < 1.29 is 14.7 Å². The van der Waals surface area contributed by atoms with Crippen LogP contribution >= 0.6 is 0 Å². The Hall–Kier alpha value is -1.26. The number of carbonyl (C=O) groups excluding carboxylic acids is 1. The fraction of sp³-hybridized carbons (Fsp3) is 0.846. The molecule has 1 atom stereocenters. The molecule has 0 aliphatic carbocycles. The van der Waals surface area contributed by atoms with E-state index in [1.165, 1.54) is 0 Å². The number of hydrogen-bond donors (Lipinski definition) is 2. The van der Waals surface area contributed by atoms with E-state index in [1.807, 2.05) is 20.8 Å². The fourth-order valence-corrected chi connectivity index (χ4v) is 2.31. The van der Waals surface area contributed by atoms with Gasteiger partial charge >= 0.3 is 12.0 Å². The van der Waals surface area contributed by atoms with E-state index in [-0.39, 0.29) is 23.9 Å². The standard InChI is InChI=1S/C13H24N2O3/c1-13(2,3)9-10(8-11(16)17)14-12(18)15-6-4-5-7-15/h10H,4-9H2,1-3H3,(H,14,18)(H,16,17). The van der Waals surface area contributed by atoms with Crippen molar-refractivity contribution >= 4 is 12.0 Å². The van der Waals surface area contributed by atoms with Gasteiger partial charge < -0.3 is 15.3 Å². The highest BCUT2D eigenvalue weighted by molar-refractivity contribution is 5.76. The maximum absolute atomic E-state index is 11.9. The van der Waals surface area contributed by atoms with Gasteiger partial charge in [-0.3, -0.25) is 4.79 Å². The molecule has 5 nitrogen and oxygen atoms in total. The molecule has 0 aromatic carbocycles. The van der Waals surface area contributed by atoms with Crippen LogP contribution in [0.5, 0.6) is 0 Å². The van der Waals surface area contributed by atoms with Crippen LogP contribution < -0.4 is 5.32 Å². The van der Waals surface area contributed by atoms with E-state index in [9.17, 15) is 9.59 Å². The van der Waals surface area contributed by atoms with Crippen LogP contribution in [0.1, 0.15) is 46.5 Å². The van der Waals surface area contributed by atoms with Gasteiger partial charge in [-0.05, 0) is 24.7 Å². The summed E-state index contributed by atoms with van der Waals surface area (Å²) >= 11 is 0. The van der Waals surface area contributed by atoms with Crippen LogP contribution in [0.3, 0.4) is 0 Å². The van der Waals surface area contributed by atoms with Crippen LogP contribution in [-0.4, -0.2) is 41.1 Å². The number of carboxylic acids is 1. The van der Waals surface area contributed by atoms with E-state index in [1.54, 1.807) is 4.90 Å². The Labute approximate surface area is 109 Å². The lowest BCUT2D eigenvalue weighted by atomic mass is 9.87. The van der Waals surface area contributed by atoms with Crippen molar-refractivity contribution in [3.63, 3.8) is 0 Å². The molecule has 0 spiro atoms. The Morgan fingerprint density at radius 2 is 1.83 bits per heavy atom. The predicted octanol–water partition coefficient (Wildman–Crippen LogP) is 2.07. The van der Waals surface area contributed by atoms with Crippen LogP contribution in [-0.2, 0) is 4.79 Å². The minimum Gasteiger partial charge on any atom is -0.481 e.